The van der Waals surface area contributed by atoms with Crippen molar-refractivity contribution in [2.45, 2.75) is 50.7 Å². The number of halogens is 1. The number of carbonyl (C=O) groups excluding carboxylic acids is 1. The van der Waals surface area contributed by atoms with Crippen LogP contribution in [0.15, 0.2) is 35.1 Å². The van der Waals surface area contributed by atoms with Crippen molar-refractivity contribution in [3.05, 3.63) is 62.1 Å². The van der Waals surface area contributed by atoms with E-state index < -0.39 is 16.3 Å². The molecular weight excluding hydrogens is 410 g/mol. The molecule has 1 amide bonds. The maximum Gasteiger partial charge on any atom is 0.294 e. The second-order valence-electron chi connectivity index (χ2n) is 7.84. The molecule has 3 heterocycles. The Kier molecular flexibility index (Phi) is 6.23. The van der Waals surface area contributed by atoms with Crippen LogP contribution >= 0.6 is 12.4 Å². The number of nitro benzene ring substituents is 1. The summed E-state index contributed by atoms with van der Waals surface area (Å²) in [5.41, 5.74) is -0.211. The van der Waals surface area contributed by atoms with E-state index in [1.807, 2.05) is 0 Å². The van der Waals surface area contributed by atoms with Gasteiger partial charge in [0.05, 0.1) is 4.92 Å². The highest BCUT2D eigenvalue weighted by molar-refractivity contribution is 5.92. The zero-order valence-corrected chi connectivity index (χ0v) is 17.6. The van der Waals surface area contributed by atoms with Crippen LogP contribution in [0.3, 0.4) is 0 Å². The number of nitrogens with one attached hydrogen (secondary N) is 1. The molecule has 0 radical (unpaired) electrons. The van der Waals surface area contributed by atoms with Crippen molar-refractivity contribution in [1.29, 1.82) is 0 Å². The fourth-order valence-electron chi connectivity index (χ4n) is 4.41. The van der Waals surface area contributed by atoms with Gasteiger partial charge in [0.25, 0.3) is 11.6 Å². The highest BCUT2D eigenvalue weighted by Crippen LogP contribution is 2.29. The number of nitrogens with zero attached hydrogens (tertiary/aromatic N) is 4. The Bertz CT molecular complexity index is 1030. The van der Waals surface area contributed by atoms with Gasteiger partial charge < -0.3 is 10.2 Å². The van der Waals surface area contributed by atoms with E-state index in [4.69, 9.17) is 0 Å². The van der Waals surface area contributed by atoms with Crippen LogP contribution in [-0.4, -0.2) is 50.7 Å². The minimum Gasteiger partial charge on any atom is -0.337 e. The first-order chi connectivity index (χ1) is 13.8. The largest absolute Gasteiger partial charge is 0.337 e. The van der Waals surface area contributed by atoms with Crippen LogP contribution in [0, 0.1) is 17.0 Å². The Hall–Kier alpha value is -2.78. The molecule has 2 saturated heterocycles. The van der Waals surface area contributed by atoms with Crippen LogP contribution in [0.4, 0.5) is 5.69 Å². The molecule has 9 nitrogen and oxygen atoms in total. The molecule has 0 spiro atoms. The van der Waals surface area contributed by atoms with Gasteiger partial charge in [0.15, 0.2) is 5.69 Å². The lowest BCUT2D eigenvalue weighted by Gasteiger charge is -2.35. The number of aromatic nitrogens is 2. The summed E-state index contributed by atoms with van der Waals surface area (Å²) in [4.78, 5) is 38.1. The number of amides is 1. The van der Waals surface area contributed by atoms with E-state index in [9.17, 15) is 19.7 Å². The second kappa shape index (κ2) is 8.53. The van der Waals surface area contributed by atoms with Gasteiger partial charge >= 0.3 is 0 Å². The van der Waals surface area contributed by atoms with E-state index in [2.05, 4.69) is 10.4 Å². The number of benzene rings is 1. The average Bonchev–Trinajstić information content (AvgIpc) is 3.04. The minimum absolute atomic E-state index is 0. The van der Waals surface area contributed by atoms with Crippen molar-refractivity contribution < 1.29 is 9.72 Å². The molecule has 2 atom stereocenters. The molecule has 2 aromatic rings. The summed E-state index contributed by atoms with van der Waals surface area (Å²) >= 11 is 0. The molecule has 2 bridgehead atoms. The lowest BCUT2D eigenvalue weighted by atomic mass is 9.98. The van der Waals surface area contributed by atoms with E-state index in [0.717, 1.165) is 25.7 Å². The third-order valence-electron chi connectivity index (χ3n) is 5.93. The van der Waals surface area contributed by atoms with Crippen molar-refractivity contribution in [2.75, 3.05) is 7.05 Å². The zero-order valence-electron chi connectivity index (χ0n) is 16.8. The normalized spacial score (nSPS) is 22.3. The van der Waals surface area contributed by atoms with Crippen LogP contribution in [0.2, 0.25) is 0 Å². The molecule has 4 rings (SSSR count). The van der Waals surface area contributed by atoms with Crippen molar-refractivity contribution in [2.24, 2.45) is 0 Å². The first-order valence-corrected chi connectivity index (χ1v) is 9.73. The van der Waals surface area contributed by atoms with Gasteiger partial charge in [0.1, 0.15) is 5.69 Å². The molecule has 1 aromatic carbocycles. The van der Waals surface area contributed by atoms with Crippen LogP contribution in [0.25, 0.3) is 5.69 Å². The SMILES string of the molecule is Cc1cc(=O)c(C(=O)N(C)C2CC3CCC(C2)N3)nn1-c1ccccc1[N+](=O)[O-].Cl. The van der Waals surface area contributed by atoms with E-state index in [1.54, 1.807) is 37.1 Å². The first-order valence-electron chi connectivity index (χ1n) is 9.73. The van der Waals surface area contributed by atoms with Crippen molar-refractivity contribution >= 4 is 24.0 Å². The summed E-state index contributed by atoms with van der Waals surface area (Å²) in [6, 6.07) is 8.29. The molecule has 30 heavy (non-hydrogen) atoms. The van der Waals surface area contributed by atoms with Crippen LogP contribution < -0.4 is 10.7 Å². The Morgan fingerprint density at radius 3 is 2.53 bits per heavy atom. The van der Waals surface area contributed by atoms with E-state index in [-0.39, 0.29) is 35.5 Å². The molecule has 10 heteroatoms. The summed E-state index contributed by atoms with van der Waals surface area (Å²) in [5.74, 6) is -0.450. The number of rotatable bonds is 4. The number of carbonyl (C=O) groups is 1. The number of hydrogen-bond donors (Lipinski definition) is 1. The summed E-state index contributed by atoms with van der Waals surface area (Å²) in [6.45, 7) is 1.63. The molecule has 0 aliphatic carbocycles. The highest BCUT2D eigenvalue weighted by atomic mass is 35.5. The molecule has 1 aromatic heterocycles. The Morgan fingerprint density at radius 2 is 1.90 bits per heavy atom. The number of fused-ring (bicyclic) bond motifs is 2. The highest BCUT2D eigenvalue weighted by Gasteiger charge is 2.37. The topological polar surface area (TPSA) is 110 Å². The average molecular weight is 434 g/mol. The second-order valence-corrected chi connectivity index (χ2v) is 7.84. The molecule has 2 aliphatic heterocycles. The van der Waals surface area contributed by atoms with E-state index in [0.29, 0.717) is 17.8 Å². The predicted octanol–water partition coefficient (Wildman–Crippen LogP) is 2.23. The number of piperidine rings is 1. The van der Waals surface area contributed by atoms with Crippen LogP contribution in [0.5, 0.6) is 0 Å². The van der Waals surface area contributed by atoms with Gasteiger partial charge in [-0.25, -0.2) is 4.68 Å². The summed E-state index contributed by atoms with van der Waals surface area (Å²) < 4.78 is 1.30. The molecule has 2 unspecified atom stereocenters. The summed E-state index contributed by atoms with van der Waals surface area (Å²) in [5, 5.41) is 19.2. The van der Waals surface area contributed by atoms with E-state index >= 15 is 0 Å². The standard InChI is InChI=1S/C20H23N5O4.ClH/c1-12-9-18(26)19(22-24(12)16-5-3-4-6-17(16)25(28)29)20(27)23(2)15-10-13-7-8-14(11-15)21-13;/h3-6,9,13-15,21H,7-8,10-11H2,1-2H3;1H. The number of aryl methyl sites for hydroxylation is 1. The number of hydrogen-bond acceptors (Lipinski definition) is 6. The quantitative estimate of drug-likeness (QED) is 0.584. The van der Waals surface area contributed by atoms with Crippen molar-refractivity contribution in [3.8, 4) is 5.69 Å². The maximum absolute atomic E-state index is 13.1. The molecule has 0 saturated carbocycles. The third kappa shape index (κ3) is 3.95. The zero-order chi connectivity index (χ0) is 20.7. The fourth-order valence-corrected chi connectivity index (χ4v) is 4.41. The van der Waals surface area contributed by atoms with Gasteiger partial charge in [-0.15, -0.1) is 12.4 Å². The predicted molar refractivity (Wildman–Crippen MR) is 114 cm³/mol. The fraction of sp³-hybridized carbons (Fsp3) is 0.450. The first kappa shape index (κ1) is 21.9. The number of nitro groups is 1. The van der Waals surface area contributed by atoms with Gasteiger partial charge in [0.2, 0.25) is 5.43 Å². The van der Waals surface area contributed by atoms with Gasteiger partial charge in [0, 0.05) is 43.0 Å². The van der Waals surface area contributed by atoms with Crippen molar-refractivity contribution in [1.82, 2.24) is 20.0 Å². The van der Waals surface area contributed by atoms with Gasteiger partial charge in [-0.05, 0) is 38.7 Å². The Morgan fingerprint density at radius 1 is 1.27 bits per heavy atom. The van der Waals surface area contributed by atoms with Gasteiger partial charge in [-0.2, -0.15) is 5.10 Å². The molecule has 2 fully saturated rings. The Labute approximate surface area is 179 Å². The van der Waals surface area contributed by atoms with Crippen LogP contribution in [0.1, 0.15) is 41.9 Å². The lowest BCUT2D eigenvalue weighted by molar-refractivity contribution is -0.384. The maximum atomic E-state index is 13.1. The third-order valence-corrected chi connectivity index (χ3v) is 5.93. The lowest BCUT2D eigenvalue weighted by Crippen LogP contribution is -2.49. The van der Waals surface area contributed by atoms with E-state index in [1.165, 1.54) is 16.8 Å². The summed E-state index contributed by atoms with van der Waals surface area (Å²) in [7, 11) is 1.70. The molecular formula is C20H24ClN5O4. The monoisotopic (exact) mass is 433 g/mol. The van der Waals surface area contributed by atoms with Crippen molar-refractivity contribution in [3.63, 3.8) is 0 Å². The summed E-state index contributed by atoms with van der Waals surface area (Å²) in [6.07, 6.45) is 3.92. The van der Waals surface area contributed by atoms with Gasteiger partial charge in [-0.3, -0.25) is 19.7 Å². The molecule has 2 aliphatic rings. The number of para-hydroxylation sites is 2. The minimum atomic E-state index is -0.507. The smallest absolute Gasteiger partial charge is 0.294 e. The Balaban J connectivity index is 0.00000256. The molecule has 160 valence electrons. The molecule has 1 N–H and O–H groups in total. The van der Waals surface area contributed by atoms with Crippen LogP contribution in [-0.2, 0) is 0 Å². The van der Waals surface area contributed by atoms with Gasteiger partial charge in [-0.1, -0.05) is 12.1 Å².